The van der Waals surface area contributed by atoms with Crippen LogP contribution < -0.4 is 10.7 Å². The van der Waals surface area contributed by atoms with Gasteiger partial charge in [0, 0.05) is 15.6 Å². The minimum atomic E-state index is -0.429. The van der Waals surface area contributed by atoms with E-state index in [0.717, 1.165) is 37.2 Å². The Hall–Kier alpha value is -3.74. The Morgan fingerprint density at radius 3 is 2.15 bits per heavy atom. The first-order valence-corrected chi connectivity index (χ1v) is 11.5. The van der Waals surface area contributed by atoms with E-state index in [1.165, 1.54) is 11.3 Å². The van der Waals surface area contributed by atoms with Crippen LogP contribution in [0.5, 0.6) is 0 Å². The zero-order valence-electron chi connectivity index (χ0n) is 17.3. The summed E-state index contributed by atoms with van der Waals surface area (Å²) in [6.07, 6.45) is 1.65. The van der Waals surface area contributed by atoms with Gasteiger partial charge in [-0.05, 0) is 33.7 Å². The Morgan fingerprint density at radius 1 is 0.879 bits per heavy atom. The first-order valence-electron chi connectivity index (χ1n) is 10.3. The Kier molecular flexibility index (Phi) is 5.77. The minimum absolute atomic E-state index is 0.211. The number of amides is 2. The maximum Gasteiger partial charge on any atom is 0.263 e. The topological polar surface area (TPSA) is 70.6 Å². The number of nitrogens with zero attached hydrogens (tertiary/aromatic N) is 1. The molecule has 0 aliphatic heterocycles. The molecule has 4 aromatic carbocycles. The number of thiophene rings is 1. The average molecular weight is 472 g/mol. The third kappa shape index (κ3) is 4.18. The van der Waals surface area contributed by atoms with Crippen LogP contribution in [0.25, 0.3) is 31.6 Å². The van der Waals surface area contributed by atoms with Crippen molar-refractivity contribution in [3.8, 4) is 0 Å². The molecule has 0 fully saturated rings. The highest BCUT2D eigenvalue weighted by molar-refractivity contribution is 7.21. The van der Waals surface area contributed by atoms with E-state index in [9.17, 15) is 9.59 Å². The highest BCUT2D eigenvalue weighted by atomic mass is 35.5. The molecule has 162 valence electrons. The van der Waals surface area contributed by atoms with Gasteiger partial charge in [-0.2, -0.15) is 5.10 Å². The fourth-order valence-corrected chi connectivity index (χ4v) is 5.23. The van der Waals surface area contributed by atoms with E-state index < -0.39 is 5.91 Å². The lowest BCUT2D eigenvalue weighted by atomic mass is 9.97. The summed E-state index contributed by atoms with van der Waals surface area (Å²) >= 11 is 7.64. The van der Waals surface area contributed by atoms with E-state index in [-0.39, 0.29) is 12.5 Å². The molecule has 1 heterocycles. The maximum atomic E-state index is 12.5. The van der Waals surface area contributed by atoms with E-state index in [2.05, 4.69) is 21.9 Å². The van der Waals surface area contributed by atoms with Crippen LogP contribution >= 0.6 is 22.9 Å². The number of hydrogen-bond donors (Lipinski definition) is 2. The van der Waals surface area contributed by atoms with Crippen molar-refractivity contribution in [2.75, 3.05) is 6.54 Å². The summed E-state index contributed by atoms with van der Waals surface area (Å²) in [5.41, 5.74) is 3.42. The maximum absolute atomic E-state index is 12.5. The lowest BCUT2D eigenvalue weighted by molar-refractivity contribution is -0.120. The number of benzene rings is 4. The number of hydrazone groups is 1. The largest absolute Gasteiger partial charge is 0.342 e. The molecule has 33 heavy (non-hydrogen) atoms. The van der Waals surface area contributed by atoms with E-state index in [1.807, 2.05) is 72.8 Å². The van der Waals surface area contributed by atoms with Crippen molar-refractivity contribution in [3.63, 3.8) is 0 Å². The van der Waals surface area contributed by atoms with Crippen LogP contribution in [0.4, 0.5) is 0 Å². The number of rotatable bonds is 5. The van der Waals surface area contributed by atoms with Crippen molar-refractivity contribution in [1.29, 1.82) is 0 Å². The summed E-state index contributed by atoms with van der Waals surface area (Å²) in [7, 11) is 0. The zero-order valence-corrected chi connectivity index (χ0v) is 18.9. The third-order valence-electron chi connectivity index (χ3n) is 5.35. The number of halogens is 1. The molecule has 5 nitrogen and oxygen atoms in total. The van der Waals surface area contributed by atoms with Crippen LogP contribution in [0.3, 0.4) is 0 Å². The molecule has 0 unspecified atom stereocenters. The summed E-state index contributed by atoms with van der Waals surface area (Å²) < 4.78 is 0.920. The van der Waals surface area contributed by atoms with Gasteiger partial charge in [0.15, 0.2) is 0 Å². The normalized spacial score (nSPS) is 11.4. The summed E-state index contributed by atoms with van der Waals surface area (Å²) in [5, 5.41) is 12.3. The lowest BCUT2D eigenvalue weighted by Crippen LogP contribution is -2.34. The Balaban J connectivity index is 1.29. The predicted molar refractivity (Wildman–Crippen MR) is 136 cm³/mol. The van der Waals surface area contributed by atoms with Crippen molar-refractivity contribution >= 4 is 72.6 Å². The highest BCUT2D eigenvalue weighted by Gasteiger charge is 2.17. The molecular formula is C26H18ClN3O2S. The molecule has 5 rings (SSSR count). The van der Waals surface area contributed by atoms with Gasteiger partial charge in [0.25, 0.3) is 11.8 Å². The second-order valence-electron chi connectivity index (χ2n) is 7.45. The van der Waals surface area contributed by atoms with Crippen LogP contribution in [0.2, 0.25) is 5.02 Å². The second-order valence-corrected chi connectivity index (χ2v) is 8.88. The molecule has 0 bridgehead atoms. The molecular weight excluding hydrogens is 454 g/mol. The number of hydrogen-bond acceptors (Lipinski definition) is 4. The quantitative estimate of drug-likeness (QED) is 0.195. The van der Waals surface area contributed by atoms with Gasteiger partial charge in [-0.15, -0.1) is 11.3 Å². The Bertz CT molecular complexity index is 1500. The lowest BCUT2D eigenvalue weighted by Gasteiger charge is -2.08. The SMILES string of the molecule is O=C(CNC(=O)c1sc2ccccc2c1Cl)N/N=C\c1c2ccccc2cc2ccccc12. The summed E-state index contributed by atoms with van der Waals surface area (Å²) in [4.78, 5) is 25.2. The van der Waals surface area contributed by atoms with Crippen LogP contribution in [-0.2, 0) is 4.79 Å². The van der Waals surface area contributed by atoms with Crippen LogP contribution in [0.15, 0.2) is 84.0 Å². The number of nitrogens with one attached hydrogen (secondary N) is 2. The first kappa shape index (κ1) is 21.1. The average Bonchev–Trinajstić information content (AvgIpc) is 3.18. The second kappa shape index (κ2) is 9.02. The summed E-state index contributed by atoms with van der Waals surface area (Å²) in [5.74, 6) is -0.818. The van der Waals surface area contributed by atoms with Gasteiger partial charge in [-0.3, -0.25) is 9.59 Å². The summed E-state index contributed by atoms with van der Waals surface area (Å²) in [6.45, 7) is -0.211. The van der Waals surface area contributed by atoms with E-state index in [1.54, 1.807) is 6.21 Å². The molecule has 0 spiro atoms. The first-order chi connectivity index (χ1) is 16.1. The van der Waals surface area contributed by atoms with E-state index in [0.29, 0.717) is 9.90 Å². The van der Waals surface area contributed by atoms with Crippen molar-refractivity contribution in [1.82, 2.24) is 10.7 Å². The van der Waals surface area contributed by atoms with Gasteiger partial charge < -0.3 is 5.32 Å². The summed E-state index contributed by atoms with van der Waals surface area (Å²) in [6, 6.07) is 25.7. The molecule has 5 aromatic rings. The zero-order chi connectivity index (χ0) is 22.8. The Labute approximate surface area is 198 Å². The molecule has 2 amide bonds. The third-order valence-corrected chi connectivity index (χ3v) is 7.02. The molecule has 0 radical (unpaired) electrons. The van der Waals surface area contributed by atoms with Crippen molar-refractivity contribution in [2.24, 2.45) is 5.10 Å². The molecule has 0 saturated heterocycles. The smallest absolute Gasteiger partial charge is 0.263 e. The van der Waals surface area contributed by atoms with Crippen molar-refractivity contribution in [2.45, 2.75) is 0 Å². The van der Waals surface area contributed by atoms with E-state index in [4.69, 9.17) is 11.6 Å². The van der Waals surface area contributed by atoms with Gasteiger partial charge in [-0.25, -0.2) is 5.43 Å². The van der Waals surface area contributed by atoms with Gasteiger partial charge in [0.05, 0.1) is 17.8 Å². The molecule has 7 heteroatoms. The molecule has 1 aromatic heterocycles. The van der Waals surface area contributed by atoms with Gasteiger partial charge >= 0.3 is 0 Å². The fourth-order valence-electron chi connectivity index (χ4n) is 3.80. The van der Waals surface area contributed by atoms with E-state index >= 15 is 0 Å². The molecule has 0 aliphatic carbocycles. The monoisotopic (exact) mass is 471 g/mol. The molecule has 0 atom stereocenters. The van der Waals surface area contributed by atoms with Crippen molar-refractivity contribution < 1.29 is 9.59 Å². The van der Waals surface area contributed by atoms with Gasteiger partial charge in [-0.1, -0.05) is 78.3 Å². The Morgan fingerprint density at radius 2 is 1.48 bits per heavy atom. The molecule has 0 aliphatic rings. The van der Waals surface area contributed by atoms with Gasteiger partial charge in [0.2, 0.25) is 0 Å². The number of fused-ring (bicyclic) bond motifs is 3. The van der Waals surface area contributed by atoms with Crippen molar-refractivity contribution in [3.05, 3.63) is 94.3 Å². The van der Waals surface area contributed by atoms with Gasteiger partial charge in [0.1, 0.15) is 4.88 Å². The van der Waals surface area contributed by atoms with Crippen LogP contribution in [-0.4, -0.2) is 24.6 Å². The molecule has 2 N–H and O–H groups in total. The fraction of sp³-hybridized carbons (Fsp3) is 0.0385. The van der Waals surface area contributed by atoms with Crippen LogP contribution in [0.1, 0.15) is 15.2 Å². The number of carbonyl (C=O) groups excluding carboxylic acids is 2. The molecule has 0 saturated carbocycles. The highest BCUT2D eigenvalue weighted by Crippen LogP contribution is 2.35. The number of carbonyl (C=O) groups is 2. The minimum Gasteiger partial charge on any atom is -0.342 e. The standard InChI is InChI=1S/C26H18ClN3O2S/c27-24-20-11-5-6-12-22(20)33-25(24)26(32)28-15-23(31)30-29-14-21-18-9-3-1-7-16(18)13-17-8-2-4-10-19(17)21/h1-14H,15H2,(H,28,32)(H,30,31)/b29-14-. The van der Waals surface area contributed by atoms with Crippen LogP contribution in [0, 0.1) is 0 Å². The predicted octanol–water partition coefficient (Wildman–Crippen LogP) is 5.74.